The van der Waals surface area contributed by atoms with Gasteiger partial charge >= 0.3 is 6.09 Å². The largest absolute Gasteiger partial charge is 0.444 e. The highest BCUT2D eigenvalue weighted by Gasteiger charge is 2.45. The summed E-state index contributed by atoms with van der Waals surface area (Å²) in [5.41, 5.74) is 0.235. The van der Waals surface area contributed by atoms with Gasteiger partial charge in [0.25, 0.3) is 0 Å². The Morgan fingerprint density at radius 2 is 1.82 bits per heavy atom. The predicted molar refractivity (Wildman–Crippen MR) is 115 cm³/mol. The summed E-state index contributed by atoms with van der Waals surface area (Å²) < 4.78 is 5.61. The first-order chi connectivity index (χ1) is 13.2. The Morgan fingerprint density at radius 1 is 1.25 bits per heavy atom. The molecule has 2 atom stereocenters. The minimum atomic E-state index is -0.662. The van der Waals surface area contributed by atoms with Gasteiger partial charge in [-0.3, -0.25) is 9.69 Å². The lowest BCUT2D eigenvalue weighted by atomic mass is 10.1. The molecular formula is C21H27ClN2O3S. The molecule has 0 spiro atoms. The van der Waals surface area contributed by atoms with Crippen molar-refractivity contribution in [1.29, 1.82) is 0 Å². The maximum Gasteiger partial charge on any atom is 0.412 e. The minimum Gasteiger partial charge on any atom is -0.444 e. The summed E-state index contributed by atoms with van der Waals surface area (Å²) in [6, 6.07) is 6.68. The summed E-state index contributed by atoms with van der Waals surface area (Å²) >= 11 is 7.54. The quantitative estimate of drug-likeness (QED) is 0.612. The molecule has 0 saturated carbocycles. The first-order valence-electron chi connectivity index (χ1n) is 9.07. The number of nitrogens with zero attached hydrogens (tertiary/aromatic N) is 2. The molecule has 1 fully saturated rings. The number of hydrogen-bond donors (Lipinski definition) is 0. The summed E-state index contributed by atoms with van der Waals surface area (Å²) in [6.45, 7) is 13.6. The highest BCUT2D eigenvalue weighted by molar-refractivity contribution is 7.99. The molecule has 0 unspecified atom stereocenters. The SMILES string of the molecule is C=CCN(CC=C)C(=O)[C@H]1CS[C@@H](c2ccc(Cl)cc2)N1C(=O)OC(C)(C)C. The Hall–Kier alpha value is -1.92. The Bertz CT molecular complexity index is 720. The molecule has 1 aromatic carbocycles. The molecule has 28 heavy (non-hydrogen) atoms. The fourth-order valence-electron chi connectivity index (χ4n) is 2.90. The van der Waals surface area contributed by atoms with E-state index in [1.54, 1.807) is 34.1 Å². The summed E-state index contributed by atoms with van der Waals surface area (Å²) in [5.74, 6) is 0.338. The number of hydrogen-bond acceptors (Lipinski definition) is 4. The van der Waals surface area contributed by atoms with E-state index in [1.807, 2.05) is 32.9 Å². The second-order valence-corrected chi connectivity index (χ2v) is 9.01. The third-order valence-corrected chi connectivity index (χ3v) is 5.63. The van der Waals surface area contributed by atoms with Crippen LogP contribution in [0.4, 0.5) is 4.79 Å². The van der Waals surface area contributed by atoms with E-state index < -0.39 is 17.7 Å². The van der Waals surface area contributed by atoms with Crippen LogP contribution in [0.15, 0.2) is 49.6 Å². The molecule has 0 aromatic heterocycles. The van der Waals surface area contributed by atoms with Crippen molar-refractivity contribution in [3.63, 3.8) is 0 Å². The maximum atomic E-state index is 13.2. The summed E-state index contributed by atoms with van der Waals surface area (Å²) in [4.78, 5) is 29.4. The molecule has 0 bridgehead atoms. The van der Waals surface area contributed by atoms with Crippen LogP contribution >= 0.6 is 23.4 Å². The molecule has 1 aliphatic heterocycles. The van der Waals surface area contributed by atoms with Crippen LogP contribution < -0.4 is 0 Å². The van der Waals surface area contributed by atoms with Gasteiger partial charge in [0, 0.05) is 23.9 Å². The van der Waals surface area contributed by atoms with Crippen molar-refractivity contribution in [1.82, 2.24) is 9.80 Å². The van der Waals surface area contributed by atoms with Crippen LogP contribution in [0.2, 0.25) is 5.02 Å². The van der Waals surface area contributed by atoms with Crippen LogP contribution in [0.5, 0.6) is 0 Å². The summed E-state index contributed by atoms with van der Waals surface area (Å²) in [7, 11) is 0. The van der Waals surface area contributed by atoms with Crippen molar-refractivity contribution in [3.05, 3.63) is 60.2 Å². The molecule has 2 amide bonds. The Labute approximate surface area is 176 Å². The molecule has 0 radical (unpaired) electrons. The van der Waals surface area contributed by atoms with Crippen LogP contribution in [0.25, 0.3) is 0 Å². The van der Waals surface area contributed by atoms with Crippen molar-refractivity contribution in [2.24, 2.45) is 0 Å². The van der Waals surface area contributed by atoms with E-state index in [-0.39, 0.29) is 11.3 Å². The topological polar surface area (TPSA) is 49.9 Å². The van der Waals surface area contributed by atoms with E-state index in [1.165, 1.54) is 11.8 Å². The van der Waals surface area contributed by atoms with Crippen molar-refractivity contribution in [2.75, 3.05) is 18.8 Å². The Morgan fingerprint density at radius 3 is 2.32 bits per heavy atom. The van der Waals surface area contributed by atoms with Gasteiger partial charge in [0.2, 0.25) is 5.91 Å². The minimum absolute atomic E-state index is 0.144. The number of halogens is 1. The number of thioether (sulfide) groups is 1. The number of ether oxygens (including phenoxy) is 1. The third kappa shape index (κ3) is 5.55. The van der Waals surface area contributed by atoms with E-state index in [0.717, 1.165) is 5.56 Å². The normalized spacial score (nSPS) is 19.2. The van der Waals surface area contributed by atoms with Gasteiger partial charge < -0.3 is 9.64 Å². The number of amides is 2. The van der Waals surface area contributed by atoms with Gasteiger partial charge in [-0.1, -0.05) is 35.9 Å². The fourth-order valence-corrected chi connectivity index (χ4v) is 4.43. The molecule has 1 heterocycles. The molecule has 2 rings (SSSR count). The first kappa shape index (κ1) is 22.4. The third-order valence-electron chi connectivity index (χ3n) is 4.06. The molecule has 5 nitrogen and oxygen atoms in total. The van der Waals surface area contributed by atoms with Crippen molar-refractivity contribution < 1.29 is 14.3 Å². The molecular weight excluding hydrogens is 396 g/mol. The van der Waals surface area contributed by atoms with Crippen molar-refractivity contribution in [3.8, 4) is 0 Å². The number of rotatable bonds is 6. The molecule has 1 aromatic rings. The Kier molecular flexibility index (Phi) is 7.61. The van der Waals surface area contributed by atoms with Gasteiger partial charge in [-0.15, -0.1) is 24.9 Å². The van der Waals surface area contributed by atoms with Gasteiger partial charge in [-0.25, -0.2) is 4.79 Å². The van der Waals surface area contributed by atoms with Gasteiger partial charge in [-0.2, -0.15) is 0 Å². The Balaban J connectivity index is 2.36. The lowest BCUT2D eigenvalue weighted by molar-refractivity contribution is -0.135. The van der Waals surface area contributed by atoms with Gasteiger partial charge in [0.15, 0.2) is 0 Å². The maximum absolute atomic E-state index is 13.2. The van der Waals surface area contributed by atoms with Crippen LogP contribution in [0, 0.1) is 0 Å². The van der Waals surface area contributed by atoms with Gasteiger partial charge in [0.05, 0.1) is 0 Å². The zero-order valence-electron chi connectivity index (χ0n) is 16.6. The second kappa shape index (κ2) is 9.52. The number of carbonyl (C=O) groups excluding carboxylic acids is 2. The average molecular weight is 423 g/mol. The molecule has 1 aliphatic rings. The smallest absolute Gasteiger partial charge is 0.412 e. The molecule has 1 saturated heterocycles. The van der Waals surface area contributed by atoms with E-state index >= 15 is 0 Å². The van der Waals surface area contributed by atoms with Crippen LogP contribution in [0.3, 0.4) is 0 Å². The van der Waals surface area contributed by atoms with Gasteiger partial charge in [-0.05, 0) is 38.5 Å². The predicted octanol–water partition coefficient (Wildman–Crippen LogP) is 4.89. The summed E-state index contributed by atoms with van der Waals surface area (Å²) in [6.07, 6.45) is 2.82. The van der Waals surface area contributed by atoms with Crippen molar-refractivity contribution >= 4 is 35.4 Å². The van der Waals surface area contributed by atoms with E-state index in [0.29, 0.717) is 23.9 Å². The number of benzene rings is 1. The highest BCUT2D eigenvalue weighted by Crippen LogP contribution is 2.43. The molecule has 0 aliphatic carbocycles. The lowest BCUT2D eigenvalue weighted by Crippen LogP contribution is -2.50. The fraction of sp³-hybridized carbons (Fsp3) is 0.429. The monoisotopic (exact) mass is 422 g/mol. The van der Waals surface area contributed by atoms with E-state index in [2.05, 4.69) is 13.2 Å². The van der Waals surface area contributed by atoms with Crippen LogP contribution in [-0.4, -0.2) is 52.3 Å². The number of carbonyl (C=O) groups is 2. The second-order valence-electron chi connectivity index (χ2n) is 7.46. The zero-order chi connectivity index (χ0) is 20.9. The van der Waals surface area contributed by atoms with Gasteiger partial charge in [0.1, 0.15) is 17.0 Å². The molecule has 152 valence electrons. The lowest BCUT2D eigenvalue weighted by Gasteiger charge is -2.33. The molecule has 0 N–H and O–H groups in total. The van der Waals surface area contributed by atoms with E-state index in [9.17, 15) is 9.59 Å². The zero-order valence-corrected chi connectivity index (χ0v) is 18.1. The van der Waals surface area contributed by atoms with Crippen molar-refractivity contribution in [2.45, 2.75) is 37.8 Å². The van der Waals surface area contributed by atoms with E-state index in [4.69, 9.17) is 16.3 Å². The summed E-state index contributed by atoms with van der Waals surface area (Å²) in [5, 5.41) is 0.293. The first-order valence-corrected chi connectivity index (χ1v) is 10.5. The highest BCUT2D eigenvalue weighted by atomic mass is 35.5. The standard InChI is InChI=1S/C21H27ClN2O3S/c1-6-12-23(13-7-2)18(25)17-14-28-19(15-8-10-16(22)11-9-15)24(17)20(26)27-21(3,4)5/h6-11,17,19H,1-2,12-14H2,3-5H3/t17-,19+/m1/s1. The van der Waals surface area contributed by atoms with Crippen LogP contribution in [-0.2, 0) is 9.53 Å². The van der Waals surface area contributed by atoms with Crippen LogP contribution in [0.1, 0.15) is 31.7 Å². The average Bonchev–Trinajstić information content (AvgIpc) is 3.05. The molecule has 7 heteroatoms.